The lowest BCUT2D eigenvalue weighted by molar-refractivity contribution is -0.124. The van der Waals surface area contributed by atoms with E-state index in [-0.39, 0.29) is 11.5 Å². The van der Waals surface area contributed by atoms with E-state index in [4.69, 9.17) is 14.9 Å². The van der Waals surface area contributed by atoms with E-state index in [1.165, 1.54) is 24.5 Å². The van der Waals surface area contributed by atoms with Crippen LogP contribution in [0.2, 0.25) is 0 Å². The number of halogens is 3. The molecule has 2 aromatic heterocycles. The highest BCUT2D eigenvalue weighted by Gasteiger charge is 2.47. The SMILES string of the molecule is N#CC1=C(N)OC(C(F)(F)F)=C(c2nc3ccccc3o2)C1c1ccncc1. The summed E-state index contributed by atoms with van der Waals surface area (Å²) in [6, 6.07) is 11.4. The van der Waals surface area contributed by atoms with Gasteiger partial charge in [-0.1, -0.05) is 12.1 Å². The first-order valence-electron chi connectivity index (χ1n) is 8.05. The number of rotatable bonds is 2. The first kappa shape index (κ1) is 17.6. The minimum atomic E-state index is -4.88. The van der Waals surface area contributed by atoms with Crippen LogP contribution >= 0.6 is 0 Å². The van der Waals surface area contributed by atoms with Crippen LogP contribution in [0.15, 0.2) is 70.4 Å². The highest BCUT2D eigenvalue weighted by atomic mass is 19.4. The molecule has 1 aliphatic heterocycles. The van der Waals surface area contributed by atoms with Crippen molar-refractivity contribution in [2.75, 3.05) is 0 Å². The van der Waals surface area contributed by atoms with Crippen molar-refractivity contribution in [3.8, 4) is 6.07 Å². The van der Waals surface area contributed by atoms with Gasteiger partial charge in [0.15, 0.2) is 5.58 Å². The zero-order valence-corrected chi connectivity index (χ0v) is 14.1. The number of pyridine rings is 1. The maximum Gasteiger partial charge on any atom is 0.450 e. The topological polar surface area (TPSA) is 98.0 Å². The highest BCUT2D eigenvalue weighted by Crippen LogP contribution is 2.48. The lowest BCUT2D eigenvalue weighted by atomic mass is 9.83. The van der Waals surface area contributed by atoms with Crippen molar-refractivity contribution in [2.45, 2.75) is 12.1 Å². The van der Waals surface area contributed by atoms with E-state index < -0.39 is 29.3 Å². The fourth-order valence-corrected chi connectivity index (χ4v) is 3.07. The first-order chi connectivity index (χ1) is 13.4. The molecule has 9 heteroatoms. The third-order valence-electron chi connectivity index (χ3n) is 4.24. The van der Waals surface area contributed by atoms with Gasteiger partial charge in [-0.3, -0.25) is 4.98 Å². The molecule has 0 aliphatic carbocycles. The van der Waals surface area contributed by atoms with Gasteiger partial charge in [0.05, 0.1) is 11.5 Å². The van der Waals surface area contributed by atoms with Crippen LogP contribution in [0.25, 0.3) is 16.7 Å². The van der Waals surface area contributed by atoms with Gasteiger partial charge in [-0.25, -0.2) is 4.98 Å². The molecule has 0 saturated carbocycles. The first-order valence-corrected chi connectivity index (χ1v) is 8.05. The quantitative estimate of drug-likeness (QED) is 0.717. The molecule has 0 amide bonds. The molecule has 140 valence electrons. The predicted octanol–water partition coefficient (Wildman–Crippen LogP) is 4.00. The van der Waals surface area contributed by atoms with Crippen molar-refractivity contribution in [3.05, 3.63) is 77.5 Å². The number of nitrogens with two attached hydrogens (primary N) is 1. The van der Waals surface area contributed by atoms with E-state index in [1.807, 2.05) is 6.07 Å². The Morgan fingerprint density at radius 3 is 2.46 bits per heavy atom. The second kappa shape index (κ2) is 6.42. The summed E-state index contributed by atoms with van der Waals surface area (Å²) in [5.41, 5.74) is 6.12. The largest absolute Gasteiger partial charge is 0.450 e. The molecule has 0 radical (unpaired) electrons. The highest BCUT2D eigenvalue weighted by molar-refractivity contribution is 5.81. The molecule has 28 heavy (non-hydrogen) atoms. The van der Waals surface area contributed by atoms with E-state index >= 15 is 0 Å². The number of aromatic nitrogens is 2. The Hall–Kier alpha value is -3.80. The Kier molecular flexibility index (Phi) is 4.04. The zero-order valence-electron chi connectivity index (χ0n) is 14.1. The maximum atomic E-state index is 13.8. The number of para-hydroxylation sites is 2. The number of benzene rings is 1. The van der Waals surface area contributed by atoms with Crippen LogP contribution in [-0.2, 0) is 4.74 Å². The van der Waals surface area contributed by atoms with Gasteiger partial charge in [0.25, 0.3) is 0 Å². The summed E-state index contributed by atoms with van der Waals surface area (Å²) in [4.78, 5) is 8.05. The number of nitriles is 1. The van der Waals surface area contributed by atoms with E-state index in [0.29, 0.717) is 16.7 Å². The van der Waals surface area contributed by atoms with Crippen molar-refractivity contribution < 1.29 is 22.3 Å². The Bertz CT molecular complexity index is 1120. The number of nitrogens with zero attached hydrogens (tertiary/aromatic N) is 3. The summed E-state index contributed by atoms with van der Waals surface area (Å²) >= 11 is 0. The molecule has 1 unspecified atom stereocenters. The fraction of sp³-hybridized carbons (Fsp3) is 0.105. The molecular weight excluding hydrogens is 373 g/mol. The van der Waals surface area contributed by atoms with Crippen LogP contribution in [0.3, 0.4) is 0 Å². The van der Waals surface area contributed by atoms with Crippen LogP contribution in [-0.4, -0.2) is 16.1 Å². The van der Waals surface area contributed by atoms with Crippen LogP contribution < -0.4 is 5.73 Å². The summed E-state index contributed by atoms with van der Waals surface area (Å²) in [6.07, 6.45) is -2.06. The van der Waals surface area contributed by atoms with Gasteiger partial charge >= 0.3 is 6.18 Å². The van der Waals surface area contributed by atoms with Crippen molar-refractivity contribution >= 4 is 16.7 Å². The lowest BCUT2D eigenvalue weighted by Gasteiger charge is -2.28. The van der Waals surface area contributed by atoms with E-state index in [9.17, 15) is 18.4 Å². The molecule has 0 saturated heterocycles. The molecule has 1 atom stereocenters. The Balaban J connectivity index is 2.03. The number of hydrogen-bond donors (Lipinski definition) is 1. The predicted molar refractivity (Wildman–Crippen MR) is 91.9 cm³/mol. The Labute approximate surface area is 156 Å². The molecule has 2 N–H and O–H groups in total. The number of fused-ring (bicyclic) bond motifs is 1. The summed E-state index contributed by atoms with van der Waals surface area (Å²) in [5.74, 6) is -3.45. The molecule has 6 nitrogen and oxygen atoms in total. The summed E-state index contributed by atoms with van der Waals surface area (Å²) in [6.45, 7) is 0. The van der Waals surface area contributed by atoms with Crippen LogP contribution in [0.5, 0.6) is 0 Å². The number of oxazole rings is 1. The number of ether oxygens (including phenoxy) is 1. The number of alkyl halides is 3. The van der Waals surface area contributed by atoms with Gasteiger partial charge in [-0.2, -0.15) is 18.4 Å². The van der Waals surface area contributed by atoms with Crippen molar-refractivity contribution in [3.63, 3.8) is 0 Å². The normalized spacial score (nSPS) is 17.6. The Morgan fingerprint density at radius 1 is 1.11 bits per heavy atom. The average molecular weight is 384 g/mol. The molecule has 4 rings (SSSR count). The Morgan fingerprint density at radius 2 is 1.82 bits per heavy atom. The molecule has 1 aliphatic rings. The van der Waals surface area contributed by atoms with E-state index in [0.717, 1.165) is 0 Å². The summed E-state index contributed by atoms with van der Waals surface area (Å²) in [7, 11) is 0. The van der Waals surface area contributed by atoms with Crippen molar-refractivity contribution in [2.24, 2.45) is 5.73 Å². The monoisotopic (exact) mass is 384 g/mol. The molecule has 0 spiro atoms. The van der Waals surface area contributed by atoms with Crippen LogP contribution in [0, 0.1) is 11.3 Å². The third-order valence-corrected chi connectivity index (χ3v) is 4.24. The van der Waals surface area contributed by atoms with Crippen LogP contribution in [0.1, 0.15) is 17.4 Å². The smallest absolute Gasteiger partial charge is 0.436 e. The molecule has 0 fully saturated rings. The number of hydrogen-bond acceptors (Lipinski definition) is 6. The molecular formula is C19H11F3N4O2. The lowest BCUT2D eigenvalue weighted by Crippen LogP contribution is -2.27. The van der Waals surface area contributed by atoms with E-state index in [1.54, 1.807) is 24.3 Å². The third kappa shape index (κ3) is 2.85. The summed E-state index contributed by atoms with van der Waals surface area (Å²) < 4.78 is 51.8. The van der Waals surface area contributed by atoms with Gasteiger partial charge in [0.2, 0.25) is 17.5 Å². The molecule has 0 bridgehead atoms. The van der Waals surface area contributed by atoms with Crippen LogP contribution in [0.4, 0.5) is 13.2 Å². The second-order valence-corrected chi connectivity index (χ2v) is 5.93. The van der Waals surface area contributed by atoms with Crippen molar-refractivity contribution in [1.29, 1.82) is 5.26 Å². The molecule has 3 heterocycles. The minimum absolute atomic E-state index is 0.170. The van der Waals surface area contributed by atoms with E-state index in [2.05, 4.69) is 9.97 Å². The maximum absolute atomic E-state index is 13.8. The van der Waals surface area contributed by atoms with Gasteiger partial charge in [-0.05, 0) is 29.8 Å². The fourth-order valence-electron chi connectivity index (χ4n) is 3.07. The van der Waals surface area contributed by atoms with Gasteiger partial charge in [0, 0.05) is 12.4 Å². The minimum Gasteiger partial charge on any atom is -0.436 e. The molecule has 3 aromatic rings. The standard InChI is InChI=1S/C19H11F3N4O2/c20-19(21,22)16-15(18-26-12-3-1-2-4-13(12)27-18)14(10-5-7-25-8-6-10)11(9-23)17(24)28-16/h1-8,14H,24H2. The van der Waals surface area contributed by atoms with Gasteiger partial charge in [0.1, 0.15) is 17.2 Å². The number of allylic oxidation sites excluding steroid dienone is 3. The summed E-state index contributed by atoms with van der Waals surface area (Å²) in [5, 5.41) is 9.55. The zero-order chi connectivity index (χ0) is 19.9. The van der Waals surface area contributed by atoms with Gasteiger partial charge in [-0.15, -0.1) is 0 Å². The van der Waals surface area contributed by atoms with Crippen molar-refractivity contribution in [1.82, 2.24) is 9.97 Å². The molecule has 1 aromatic carbocycles. The second-order valence-electron chi connectivity index (χ2n) is 5.93. The van der Waals surface area contributed by atoms with Gasteiger partial charge < -0.3 is 14.9 Å². The average Bonchev–Trinajstić information content (AvgIpc) is 3.11.